The lowest BCUT2D eigenvalue weighted by atomic mass is 9.84. The number of benzene rings is 4. The number of hydrogen-bond donors (Lipinski definition) is 2. The van der Waals surface area contributed by atoms with E-state index in [1.165, 1.54) is 29.2 Å². The van der Waals surface area contributed by atoms with E-state index in [0.29, 0.717) is 52.9 Å². The number of ether oxygens (including phenoxy) is 3. The molecule has 3 atom stereocenters. The first kappa shape index (κ1) is 40.8. The Morgan fingerprint density at radius 1 is 0.814 bits per heavy atom. The highest BCUT2D eigenvalue weighted by molar-refractivity contribution is 6.09. The molecule has 1 aliphatic carbocycles. The third kappa shape index (κ3) is 9.34. The molecule has 1 aliphatic heterocycles. The Kier molecular flexibility index (Phi) is 13.1. The van der Waals surface area contributed by atoms with Gasteiger partial charge in [-0.2, -0.15) is 0 Å². The van der Waals surface area contributed by atoms with E-state index >= 15 is 0 Å². The molecule has 2 aliphatic rings. The lowest BCUT2D eigenvalue weighted by molar-refractivity contribution is -0.144. The third-order valence-electron chi connectivity index (χ3n) is 10.9. The van der Waals surface area contributed by atoms with Gasteiger partial charge in [0.1, 0.15) is 17.5 Å². The zero-order valence-corrected chi connectivity index (χ0v) is 32.9. The van der Waals surface area contributed by atoms with E-state index < -0.39 is 36.0 Å². The molecule has 0 radical (unpaired) electrons. The zero-order valence-electron chi connectivity index (χ0n) is 32.9. The normalized spacial score (nSPS) is 17.7. The molecule has 304 valence electrons. The van der Waals surface area contributed by atoms with Crippen LogP contribution in [0.15, 0.2) is 109 Å². The Morgan fingerprint density at radius 3 is 2.27 bits per heavy atom. The van der Waals surface area contributed by atoms with Crippen LogP contribution in [0, 0.1) is 5.92 Å². The van der Waals surface area contributed by atoms with Crippen molar-refractivity contribution in [1.29, 1.82) is 0 Å². The maximum absolute atomic E-state index is 14.9. The molecule has 4 aromatic carbocycles. The van der Waals surface area contributed by atoms with Gasteiger partial charge in [0.15, 0.2) is 5.78 Å². The summed E-state index contributed by atoms with van der Waals surface area (Å²) in [6, 6.07) is 28.4. The topological polar surface area (TPSA) is 161 Å². The van der Waals surface area contributed by atoms with Crippen LogP contribution >= 0.6 is 0 Å². The summed E-state index contributed by atoms with van der Waals surface area (Å²) >= 11 is 0. The summed E-state index contributed by atoms with van der Waals surface area (Å²) in [5.41, 5.74) is 2.42. The van der Waals surface area contributed by atoms with E-state index in [1.54, 1.807) is 67.6 Å². The molecule has 0 bridgehead atoms. The molecule has 2 N–H and O–H groups in total. The number of pyridine rings is 1. The minimum Gasteiger partial charge on any atom is -0.493 e. The highest BCUT2D eigenvalue weighted by Crippen LogP contribution is 2.43. The fourth-order valence-electron chi connectivity index (χ4n) is 7.88. The van der Waals surface area contributed by atoms with Crippen LogP contribution in [0.2, 0.25) is 0 Å². The first-order valence-corrected chi connectivity index (χ1v) is 20.2. The number of aliphatic hydroxyl groups is 1. The number of rotatable bonds is 14. The van der Waals surface area contributed by atoms with Gasteiger partial charge in [-0.3, -0.25) is 24.1 Å². The molecule has 0 unspecified atom stereocenters. The molecule has 5 aromatic rings. The number of nitrogens with zero attached hydrogens (tertiary/aromatic N) is 2. The molecule has 12 heteroatoms. The van der Waals surface area contributed by atoms with Crippen molar-refractivity contribution < 1.29 is 43.3 Å². The molecule has 2 amide bonds. The largest absolute Gasteiger partial charge is 0.493 e. The van der Waals surface area contributed by atoms with Gasteiger partial charge in [-0.15, -0.1) is 0 Å². The van der Waals surface area contributed by atoms with Crippen LogP contribution in [0.5, 0.6) is 5.75 Å². The first-order chi connectivity index (χ1) is 28.7. The second-order valence-corrected chi connectivity index (χ2v) is 14.8. The zero-order chi connectivity index (χ0) is 41.3. The number of ketones is 1. The predicted molar refractivity (Wildman–Crippen MR) is 220 cm³/mol. The SMILES string of the molecule is CCOC(=O)C[C@H]1[C@H](OC(=O)c2ccc(C(=O)c3ccccc3)cc2)[C@@H](NC(=O)C2CCCCC2)c2cc(OCCCO)ccc2N1C(=O)c1ccc2ccccc2n1. The molecule has 2 heterocycles. The van der Waals surface area contributed by atoms with Crippen molar-refractivity contribution in [1.82, 2.24) is 10.3 Å². The van der Waals surface area contributed by atoms with E-state index in [2.05, 4.69) is 10.3 Å². The van der Waals surface area contributed by atoms with Crippen molar-refractivity contribution >= 4 is 46.1 Å². The average molecular weight is 798 g/mol. The molecule has 1 saturated carbocycles. The number of amides is 2. The minimum absolute atomic E-state index is 0.0667. The second kappa shape index (κ2) is 18.9. The molecule has 59 heavy (non-hydrogen) atoms. The molecule has 0 saturated heterocycles. The van der Waals surface area contributed by atoms with Crippen molar-refractivity contribution in [2.45, 2.75) is 70.1 Å². The van der Waals surface area contributed by atoms with Gasteiger partial charge < -0.3 is 24.6 Å². The Bertz CT molecular complexity index is 2310. The summed E-state index contributed by atoms with van der Waals surface area (Å²) in [6.07, 6.45) is 2.87. The number of aromatic nitrogens is 1. The number of hydrogen-bond acceptors (Lipinski definition) is 10. The van der Waals surface area contributed by atoms with Crippen molar-refractivity contribution in [3.05, 3.63) is 137 Å². The second-order valence-electron chi connectivity index (χ2n) is 14.8. The maximum Gasteiger partial charge on any atom is 0.338 e. The summed E-state index contributed by atoms with van der Waals surface area (Å²) in [4.78, 5) is 76.2. The highest BCUT2D eigenvalue weighted by Gasteiger charge is 2.49. The van der Waals surface area contributed by atoms with Crippen molar-refractivity contribution in [2.75, 3.05) is 24.7 Å². The summed E-state index contributed by atoms with van der Waals surface area (Å²) in [7, 11) is 0. The number of fused-ring (bicyclic) bond motifs is 2. The van der Waals surface area contributed by atoms with E-state index in [1.807, 2.05) is 24.3 Å². The Hall–Kier alpha value is -6.40. The fraction of sp³-hybridized carbons (Fsp3) is 0.319. The smallest absolute Gasteiger partial charge is 0.338 e. The number of anilines is 1. The average Bonchev–Trinajstić information content (AvgIpc) is 3.27. The van der Waals surface area contributed by atoms with Gasteiger partial charge in [-0.1, -0.05) is 86.0 Å². The summed E-state index contributed by atoms with van der Waals surface area (Å²) < 4.78 is 17.8. The molecular weight excluding hydrogens is 751 g/mol. The van der Waals surface area contributed by atoms with Gasteiger partial charge in [0.05, 0.1) is 48.5 Å². The lowest BCUT2D eigenvalue weighted by Gasteiger charge is -2.45. The van der Waals surface area contributed by atoms with Crippen molar-refractivity contribution in [3.8, 4) is 5.75 Å². The van der Waals surface area contributed by atoms with E-state index in [0.717, 1.165) is 24.6 Å². The third-order valence-corrected chi connectivity index (χ3v) is 10.9. The van der Waals surface area contributed by atoms with Gasteiger partial charge in [-0.05, 0) is 62.2 Å². The fourth-order valence-corrected chi connectivity index (χ4v) is 7.88. The minimum atomic E-state index is -1.32. The quantitative estimate of drug-likeness (QED) is 0.0670. The monoisotopic (exact) mass is 797 g/mol. The van der Waals surface area contributed by atoms with Crippen LogP contribution in [-0.2, 0) is 19.1 Å². The van der Waals surface area contributed by atoms with Gasteiger partial charge in [0, 0.05) is 41.0 Å². The van der Waals surface area contributed by atoms with Crippen LogP contribution in [0.25, 0.3) is 10.9 Å². The van der Waals surface area contributed by atoms with Crippen LogP contribution in [0.4, 0.5) is 5.69 Å². The lowest BCUT2D eigenvalue weighted by Crippen LogP contribution is -2.59. The number of nitrogens with one attached hydrogen (secondary N) is 1. The van der Waals surface area contributed by atoms with Crippen molar-refractivity contribution in [2.24, 2.45) is 5.92 Å². The standard InChI is InChI=1S/C47H47N3O9/c1-2-57-41(52)29-40-44(59-47(56)34-20-18-32(19-21-34)43(53)31-13-5-3-6-14-31)42(49-45(54)33-15-7-4-8-16-33)36-28-35(58-27-11-26-51)23-25-39(36)50(40)46(55)38-24-22-30-12-9-10-17-37(30)48-38/h3,5-6,9-10,12-14,17-25,28,33,40,42,44,51H,2,4,7-8,11,15-16,26-27,29H2,1H3,(H,49,54)/t40-,42-,44-/m0/s1. The highest BCUT2D eigenvalue weighted by atomic mass is 16.5. The van der Waals surface area contributed by atoms with E-state index in [4.69, 9.17) is 14.2 Å². The Morgan fingerprint density at radius 2 is 1.53 bits per heavy atom. The first-order valence-electron chi connectivity index (χ1n) is 20.2. The number of esters is 2. The number of para-hydroxylation sites is 1. The van der Waals surface area contributed by atoms with Crippen LogP contribution in [0.3, 0.4) is 0 Å². The van der Waals surface area contributed by atoms with Crippen LogP contribution in [-0.4, -0.2) is 71.6 Å². The molecule has 0 spiro atoms. The van der Waals surface area contributed by atoms with Gasteiger partial charge in [0.25, 0.3) is 5.91 Å². The molecule has 1 aromatic heterocycles. The molecule has 12 nitrogen and oxygen atoms in total. The maximum atomic E-state index is 14.9. The van der Waals surface area contributed by atoms with Crippen LogP contribution < -0.4 is 15.0 Å². The number of aliphatic hydroxyl groups excluding tert-OH is 1. The number of carbonyl (C=O) groups is 5. The number of carbonyl (C=O) groups excluding carboxylic acids is 5. The summed E-state index contributed by atoms with van der Waals surface area (Å²) in [5.74, 6) is -2.34. The predicted octanol–water partition coefficient (Wildman–Crippen LogP) is 7.17. The van der Waals surface area contributed by atoms with Crippen LogP contribution in [0.1, 0.15) is 100 Å². The summed E-state index contributed by atoms with van der Waals surface area (Å²) in [5, 5.41) is 13.4. The van der Waals surface area contributed by atoms with Gasteiger partial charge in [0.2, 0.25) is 5.91 Å². The molecule has 7 rings (SSSR count). The van der Waals surface area contributed by atoms with Gasteiger partial charge in [-0.25, -0.2) is 9.78 Å². The van der Waals surface area contributed by atoms with E-state index in [-0.39, 0.29) is 55.1 Å². The van der Waals surface area contributed by atoms with E-state index in [9.17, 15) is 29.1 Å². The summed E-state index contributed by atoms with van der Waals surface area (Å²) in [6.45, 7) is 1.86. The van der Waals surface area contributed by atoms with Crippen molar-refractivity contribution in [3.63, 3.8) is 0 Å². The Balaban J connectivity index is 1.34. The molecule has 1 fully saturated rings. The molecular formula is C47H47N3O9. The van der Waals surface area contributed by atoms with Gasteiger partial charge >= 0.3 is 11.9 Å². The Labute approximate surface area is 342 Å².